The molecule has 0 saturated heterocycles. The molecule has 0 fully saturated rings. The van der Waals surface area contributed by atoms with E-state index in [4.69, 9.17) is 27.7 Å². The Morgan fingerprint density at radius 1 is 1.55 bits per heavy atom. The summed E-state index contributed by atoms with van der Waals surface area (Å²) in [7, 11) is 0. The summed E-state index contributed by atoms with van der Waals surface area (Å²) in [5, 5.41) is 17.7. The lowest BCUT2D eigenvalue weighted by molar-refractivity contribution is 0.473. The minimum atomic E-state index is -0.147. The highest BCUT2D eigenvalue weighted by Gasteiger charge is 2.03. The Morgan fingerprint density at radius 3 is 2.73 bits per heavy atom. The highest BCUT2D eigenvalue weighted by atomic mass is 35.5. The van der Waals surface area contributed by atoms with Gasteiger partial charge in [0.1, 0.15) is 11.8 Å². The molecule has 0 atom stereocenters. The molecule has 1 aromatic carbocycles. The SMILES string of the molecule is N#Cc1cc(N)c(Cl)cc1O. The third-order valence-corrected chi connectivity index (χ3v) is 1.56. The number of phenols is 1. The van der Waals surface area contributed by atoms with E-state index in [1.807, 2.05) is 0 Å². The number of benzene rings is 1. The Hall–Kier alpha value is -1.40. The van der Waals surface area contributed by atoms with E-state index >= 15 is 0 Å². The Labute approximate surface area is 68.6 Å². The van der Waals surface area contributed by atoms with Crippen molar-refractivity contribution in [3.63, 3.8) is 0 Å². The maximum absolute atomic E-state index is 9.05. The van der Waals surface area contributed by atoms with Gasteiger partial charge in [-0.05, 0) is 6.07 Å². The minimum Gasteiger partial charge on any atom is -0.507 e. The average Bonchev–Trinajstić information content (AvgIpc) is 1.97. The van der Waals surface area contributed by atoms with Gasteiger partial charge in [-0.3, -0.25) is 0 Å². The van der Waals surface area contributed by atoms with Crippen molar-refractivity contribution in [1.82, 2.24) is 0 Å². The van der Waals surface area contributed by atoms with Gasteiger partial charge in [-0.2, -0.15) is 5.26 Å². The van der Waals surface area contributed by atoms with Crippen LogP contribution >= 0.6 is 11.6 Å². The van der Waals surface area contributed by atoms with Gasteiger partial charge in [0.25, 0.3) is 0 Å². The molecular formula is C7H5ClN2O. The summed E-state index contributed by atoms with van der Waals surface area (Å²) >= 11 is 5.55. The third kappa shape index (κ3) is 1.36. The van der Waals surface area contributed by atoms with Crippen LogP contribution in [-0.4, -0.2) is 5.11 Å². The molecule has 1 aromatic rings. The lowest BCUT2D eigenvalue weighted by Gasteiger charge is -1.99. The van der Waals surface area contributed by atoms with Gasteiger partial charge in [0.15, 0.2) is 0 Å². The van der Waals surface area contributed by atoms with E-state index in [9.17, 15) is 0 Å². The third-order valence-electron chi connectivity index (χ3n) is 1.24. The lowest BCUT2D eigenvalue weighted by Crippen LogP contribution is -1.87. The molecule has 0 aliphatic carbocycles. The number of rotatable bonds is 0. The Balaban J connectivity index is 3.35. The number of aromatic hydroxyl groups is 1. The van der Waals surface area contributed by atoms with Gasteiger partial charge in [0.2, 0.25) is 0 Å². The highest BCUT2D eigenvalue weighted by molar-refractivity contribution is 6.33. The van der Waals surface area contributed by atoms with Crippen molar-refractivity contribution in [2.75, 3.05) is 5.73 Å². The molecule has 3 N–H and O–H groups in total. The summed E-state index contributed by atoms with van der Waals surface area (Å²) in [6.07, 6.45) is 0. The first-order chi connectivity index (χ1) is 5.15. The van der Waals surface area contributed by atoms with E-state index in [1.165, 1.54) is 12.1 Å². The van der Waals surface area contributed by atoms with Crippen LogP contribution in [0.25, 0.3) is 0 Å². The Morgan fingerprint density at radius 2 is 2.18 bits per heavy atom. The van der Waals surface area contributed by atoms with Crippen LogP contribution in [0.5, 0.6) is 5.75 Å². The minimum absolute atomic E-state index is 0.131. The van der Waals surface area contributed by atoms with Crippen LogP contribution in [0.3, 0.4) is 0 Å². The number of nitrogens with zero attached hydrogens (tertiary/aromatic N) is 1. The molecule has 0 radical (unpaired) electrons. The first kappa shape index (κ1) is 7.70. The van der Waals surface area contributed by atoms with E-state index in [2.05, 4.69) is 0 Å². The largest absolute Gasteiger partial charge is 0.507 e. The van der Waals surface area contributed by atoms with Gasteiger partial charge in [-0.1, -0.05) is 11.6 Å². The first-order valence-electron chi connectivity index (χ1n) is 2.83. The van der Waals surface area contributed by atoms with Gasteiger partial charge in [0.05, 0.1) is 16.3 Å². The van der Waals surface area contributed by atoms with E-state index in [0.717, 1.165) is 0 Å². The summed E-state index contributed by atoms with van der Waals surface area (Å²) in [6, 6.07) is 4.35. The molecule has 0 aliphatic heterocycles. The monoisotopic (exact) mass is 168 g/mol. The van der Waals surface area contributed by atoms with Crippen LogP contribution in [0, 0.1) is 11.3 Å². The molecule has 0 heterocycles. The Kier molecular flexibility index (Phi) is 1.88. The smallest absolute Gasteiger partial charge is 0.134 e. The number of hydrogen-bond acceptors (Lipinski definition) is 3. The van der Waals surface area contributed by atoms with Crippen LogP contribution in [0.1, 0.15) is 5.56 Å². The van der Waals surface area contributed by atoms with Crippen molar-refractivity contribution >= 4 is 17.3 Å². The van der Waals surface area contributed by atoms with E-state index in [-0.39, 0.29) is 16.3 Å². The number of nitrogen functional groups attached to an aromatic ring is 1. The fourth-order valence-electron chi connectivity index (χ4n) is 0.669. The zero-order valence-corrected chi connectivity index (χ0v) is 6.26. The van der Waals surface area contributed by atoms with Crippen molar-refractivity contribution in [1.29, 1.82) is 5.26 Å². The second-order valence-corrected chi connectivity index (χ2v) is 2.41. The van der Waals surface area contributed by atoms with Crippen molar-refractivity contribution in [2.24, 2.45) is 0 Å². The fourth-order valence-corrected chi connectivity index (χ4v) is 0.827. The molecule has 0 aliphatic rings. The molecule has 0 spiro atoms. The fraction of sp³-hybridized carbons (Fsp3) is 0. The van der Waals surface area contributed by atoms with Gasteiger partial charge in [0, 0.05) is 6.07 Å². The molecule has 0 unspecified atom stereocenters. The van der Waals surface area contributed by atoms with Crippen LogP contribution in [-0.2, 0) is 0 Å². The maximum Gasteiger partial charge on any atom is 0.134 e. The maximum atomic E-state index is 9.05. The van der Waals surface area contributed by atoms with Crippen LogP contribution in [0.2, 0.25) is 5.02 Å². The van der Waals surface area contributed by atoms with Gasteiger partial charge >= 0.3 is 0 Å². The summed E-state index contributed by atoms with van der Waals surface area (Å²) in [5.74, 6) is -0.147. The number of nitrogens with two attached hydrogens (primary N) is 1. The molecule has 1 rings (SSSR count). The Bertz CT molecular complexity index is 330. The van der Waals surface area contributed by atoms with Gasteiger partial charge in [-0.15, -0.1) is 0 Å². The van der Waals surface area contributed by atoms with E-state index < -0.39 is 0 Å². The molecule has 4 heteroatoms. The standard InChI is InChI=1S/C7H5ClN2O/c8-5-2-7(11)4(3-9)1-6(5)10/h1-2,11H,10H2. The van der Waals surface area contributed by atoms with Crippen LogP contribution in [0.4, 0.5) is 5.69 Å². The summed E-state index contributed by atoms with van der Waals surface area (Å²) < 4.78 is 0. The highest BCUT2D eigenvalue weighted by Crippen LogP contribution is 2.26. The first-order valence-corrected chi connectivity index (χ1v) is 3.21. The van der Waals surface area contributed by atoms with E-state index in [0.29, 0.717) is 5.69 Å². The molecule has 0 amide bonds. The molecule has 11 heavy (non-hydrogen) atoms. The van der Waals surface area contributed by atoms with E-state index in [1.54, 1.807) is 6.07 Å². The van der Waals surface area contributed by atoms with Gasteiger partial charge < -0.3 is 10.8 Å². The molecule has 0 bridgehead atoms. The molecular weight excluding hydrogens is 164 g/mol. The number of phenolic OH excluding ortho intramolecular Hbond substituents is 1. The zero-order valence-electron chi connectivity index (χ0n) is 5.50. The van der Waals surface area contributed by atoms with Crippen molar-refractivity contribution < 1.29 is 5.11 Å². The number of anilines is 1. The quantitative estimate of drug-likeness (QED) is 0.456. The predicted octanol–water partition coefficient (Wildman–Crippen LogP) is 1.50. The molecule has 0 saturated carbocycles. The summed E-state index contributed by atoms with van der Waals surface area (Å²) in [6.45, 7) is 0. The summed E-state index contributed by atoms with van der Waals surface area (Å²) in [4.78, 5) is 0. The number of halogens is 1. The second-order valence-electron chi connectivity index (χ2n) is 2.00. The molecule has 3 nitrogen and oxygen atoms in total. The second kappa shape index (κ2) is 2.69. The van der Waals surface area contributed by atoms with Crippen molar-refractivity contribution in [3.05, 3.63) is 22.7 Å². The zero-order chi connectivity index (χ0) is 8.43. The van der Waals surface area contributed by atoms with Crippen molar-refractivity contribution in [2.45, 2.75) is 0 Å². The molecule has 56 valence electrons. The lowest BCUT2D eigenvalue weighted by atomic mass is 10.2. The van der Waals surface area contributed by atoms with Crippen LogP contribution < -0.4 is 5.73 Å². The van der Waals surface area contributed by atoms with Crippen molar-refractivity contribution in [3.8, 4) is 11.8 Å². The average molecular weight is 169 g/mol. The topological polar surface area (TPSA) is 70.0 Å². The number of hydrogen-bond donors (Lipinski definition) is 2. The van der Waals surface area contributed by atoms with Crippen LogP contribution in [0.15, 0.2) is 12.1 Å². The normalized spacial score (nSPS) is 9.09. The molecule has 0 aromatic heterocycles. The number of nitriles is 1. The summed E-state index contributed by atoms with van der Waals surface area (Å²) in [5.41, 5.74) is 5.79. The predicted molar refractivity (Wildman–Crippen MR) is 42.2 cm³/mol. The van der Waals surface area contributed by atoms with Gasteiger partial charge in [-0.25, -0.2) is 0 Å².